The van der Waals surface area contributed by atoms with Gasteiger partial charge in [-0.1, -0.05) is 66.2 Å². The van der Waals surface area contributed by atoms with E-state index in [4.69, 9.17) is 16.3 Å². The van der Waals surface area contributed by atoms with Gasteiger partial charge in [0.05, 0.1) is 13.2 Å². The minimum atomic E-state index is -0.170. The topological polar surface area (TPSA) is 41.6 Å². The van der Waals surface area contributed by atoms with Gasteiger partial charge in [-0.25, -0.2) is 4.79 Å². The average Bonchev–Trinajstić information content (AvgIpc) is 2.76. The third-order valence-electron chi connectivity index (χ3n) is 5.33. The van der Waals surface area contributed by atoms with Crippen molar-refractivity contribution < 1.29 is 9.53 Å². The van der Waals surface area contributed by atoms with Crippen LogP contribution in [0.4, 0.5) is 4.79 Å². The zero-order chi connectivity index (χ0) is 20.2. The second-order valence-electron chi connectivity index (χ2n) is 7.07. The van der Waals surface area contributed by atoms with Gasteiger partial charge < -0.3 is 15.0 Å². The molecule has 1 N–H and O–H groups in total. The molecular weight excluding hydrogens is 384 g/mol. The van der Waals surface area contributed by atoms with E-state index in [2.05, 4.69) is 17.4 Å². The minimum Gasteiger partial charge on any atom is -0.496 e. The van der Waals surface area contributed by atoms with Crippen molar-refractivity contribution in [1.82, 2.24) is 10.2 Å². The number of hydrogen-bond donors (Lipinski definition) is 1. The van der Waals surface area contributed by atoms with Gasteiger partial charge in [0.1, 0.15) is 5.75 Å². The summed E-state index contributed by atoms with van der Waals surface area (Å²) in [5, 5.41) is 3.73. The van der Waals surface area contributed by atoms with Crippen molar-refractivity contribution in [3.63, 3.8) is 0 Å². The molecule has 4 rings (SSSR count). The van der Waals surface area contributed by atoms with Crippen LogP contribution < -0.4 is 10.1 Å². The highest BCUT2D eigenvalue weighted by molar-refractivity contribution is 6.30. The van der Waals surface area contributed by atoms with E-state index < -0.39 is 0 Å². The molecule has 4 nitrogen and oxygen atoms in total. The fourth-order valence-electron chi connectivity index (χ4n) is 3.94. The number of urea groups is 1. The van der Waals surface area contributed by atoms with E-state index >= 15 is 0 Å². The zero-order valence-electron chi connectivity index (χ0n) is 16.3. The Labute approximate surface area is 176 Å². The lowest BCUT2D eigenvalue weighted by Crippen LogP contribution is -2.45. The Bertz CT molecular complexity index is 1020. The van der Waals surface area contributed by atoms with Gasteiger partial charge in [-0.05, 0) is 41.3 Å². The number of carbonyl (C=O) groups excluding carboxylic acids is 1. The van der Waals surface area contributed by atoms with E-state index in [1.807, 2.05) is 65.6 Å². The van der Waals surface area contributed by atoms with Crippen LogP contribution in [0.15, 0.2) is 72.8 Å². The molecule has 1 atom stereocenters. The Morgan fingerprint density at radius 1 is 1.10 bits per heavy atom. The summed E-state index contributed by atoms with van der Waals surface area (Å²) in [5.74, 6) is 0.767. The molecule has 3 aromatic rings. The molecule has 1 aliphatic heterocycles. The molecule has 0 radical (unpaired) electrons. The van der Waals surface area contributed by atoms with Gasteiger partial charge in [0.2, 0.25) is 0 Å². The Kier molecular flexibility index (Phi) is 5.72. The van der Waals surface area contributed by atoms with Gasteiger partial charge in [0.15, 0.2) is 0 Å². The molecular formula is C24H23ClN2O2. The molecule has 1 heterocycles. The number of nitrogens with zero attached hydrogens (tertiary/aromatic N) is 1. The fraction of sp³-hybridized carbons (Fsp3) is 0.208. The maximum atomic E-state index is 13.2. The first-order chi connectivity index (χ1) is 14.2. The lowest BCUT2D eigenvalue weighted by atomic mass is 9.88. The van der Waals surface area contributed by atoms with Crippen molar-refractivity contribution in [3.8, 4) is 5.75 Å². The Hall–Kier alpha value is -2.98. The van der Waals surface area contributed by atoms with Crippen molar-refractivity contribution in [2.45, 2.75) is 19.0 Å². The van der Waals surface area contributed by atoms with Crippen LogP contribution in [0.2, 0.25) is 5.02 Å². The maximum absolute atomic E-state index is 13.2. The summed E-state index contributed by atoms with van der Waals surface area (Å²) in [6, 6.07) is 23.5. The number of hydrogen-bond acceptors (Lipinski definition) is 2. The zero-order valence-corrected chi connectivity index (χ0v) is 17.0. The van der Waals surface area contributed by atoms with E-state index in [0.29, 0.717) is 18.1 Å². The third kappa shape index (κ3) is 4.08. The van der Waals surface area contributed by atoms with E-state index in [-0.39, 0.29) is 12.1 Å². The van der Waals surface area contributed by atoms with E-state index in [9.17, 15) is 4.79 Å². The molecule has 0 bridgehead atoms. The van der Waals surface area contributed by atoms with E-state index in [1.165, 1.54) is 5.56 Å². The van der Waals surface area contributed by atoms with Gasteiger partial charge in [-0.15, -0.1) is 0 Å². The van der Waals surface area contributed by atoms with Crippen LogP contribution in [0.25, 0.3) is 0 Å². The van der Waals surface area contributed by atoms with Gasteiger partial charge in [-0.2, -0.15) is 0 Å². The molecule has 29 heavy (non-hydrogen) atoms. The summed E-state index contributed by atoms with van der Waals surface area (Å²) in [7, 11) is 1.64. The standard InChI is InChI=1S/C24H23ClN2O2/c1-29-22-12-5-3-8-19(22)16-26-24(28)27-14-13-17-7-2-4-11-21(17)23(27)18-9-6-10-20(25)15-18/h2-12,15,23H,13-14,16H2,1H3,(H,26,28). The molecule has 1 aliphatic rings. The molecule has 0 saturated carbocycles. The van der Waals surface area contributed by atoms with Gasteiger partial charge in [0, 0.05) is 23.7 Å². The van der Waals surface area contributed by atoms with Gasteiger partial charge in [0.25, 0.3) is 0 Å². The number of amides is 2. The number of fused-ring (bicyclic) bond motifs is 1. The second-order valence-corrected chi connectivity index (χ2v) is 7.51. The number of ether oxygens (including phenoxy) is 1. The highest BCUT2D eigenvalue weighted by Gasteiger charge is 2.32. The first-order valence-corrected chi connectivity index (χ1v) is 10.0. The summed E-state index contributed by atoms with van der Waals surface area (Å²) in [6.45, 7) is 1.05. The summed E-state index contributed by atoms with van der Waals surface area (Å²) in [6.07, 6.45) is 0.829. The first-order valence-electron chi connectivity index (χ1n) is 9.67. The normalized spacial score (nSPS) is 15.5. The Morgan fingerprint density at radius 2 is 1.90 bits per heavy atom. The van der Waals surface area contributed by atoms with Gasteiger partial charge >= 0.3 is 6.03 Å². The minimum absolute atomic E-state index is 0.101. The highest BCUT2D eigenvalue weighted by Crippen LogP contribution is 2.36. The Balaban J connectivity index is 1.62. The van der Waals surface area contributed by atoms with Crippen molar-refractivity contribution in [3.05, 3.63) is 100 Å². The fourth-order valence-corrected chi connectivity index (χ4v) is 4.14. The molecule has 148 valence electrons. The van der Waals surface area contributed by atoms with Gasteiger partial charge in [-0.3, -0.25) is 0 Å². The van der Waals surface area contributed by atoms with E-state index in [1.54, 1.807) is 7.11 Å². The number of rotatable bonds is 4. The van der Waals surface area contributed by atoms with Crippen LogP contribution in [0.3, 0.4) is 0 Å². The molecule has 0 saturated heterocycles. The molecule has 1 unspecified atom stereocenters. The maximum Gasteiger partial charge on any atom is 0.318 e. The summed E-state index contributed by atoms with van der Waals surface area (Å²) < 4.78 is 5.39. The number of para-hydroxylation sites is 1. The van der Waals surface area contributed by atoms with Crippen LogP contribution in [0.1, 0.15) is 28.3 Å². The highest BCUT2D eigenvalue weighted by atomic mass is 35.5. The predicted octanol–water partition coefficient (Wildman–Crippen LogP) is 5.21. The van der Waals surface area contributed by atoms with Crippen molar-refractivity contribution in [2.24, 2.45) is 0 Å². The monoisotopic (exact) mass is 406 g/mol. The SMILES string of the molecule is COc1ccccc1CNC(=O)N1CCc2ccccc2C1c1cccc(Cl)c1. The lowest BCUT2D eigenvalue weighted by Gasteiger charge is -2.37. The van der Waals surface area contributed by atoms with Crippen LogP contribution in [-0.4, -0.2) is 24.6 Å². The van der Waals surface area contributed by atoms with Crippen molar-refractivity contribution in [1.29, 1.82) is 0 Å². The molecule has 2 amide bonds. The number of carbonyl (C=O) groups is 1. The average molecular weight is 407 g/mol. The van der Waals surface area contributed by atoms with Crippen LogP contribution in [0.5, 0.6) is 5.75 Å². The van der Waals surface area contributed by atoms with E-state index in [0.717, 1.165) is 28.9 Å². The second kappa shape index (κ2) is 8.58. The van der Waals surface area contributed by atoms with Crippen molar-refractivity contribution in [2.75, 3.05) is 13.7 Å². The number of benzene rings is 3. The number of halogens is 1. The van der Waals surface area contributed by atoms with Crippen molar-refractivity contribution >= 4 is 17.6 Å². The summed E-state index contributed by atoms with van der Waals surface area (Å²) in [4.78, 5) is 15.1. The largest absolute Gasteiger partial charge is 0.496 e. The number of nitrogens with one attached hydrogen (secondary N) is 1. The molecule has 0 aliphatic carbocycles. The summed E-state index contributed by atoms with van der Waals surface area (Å²) in [5.41, 5.74) is 4.37. The molecule has 5 heteroatoms. The summed E-state index contributed by atoms with van der Waals surface area (Å²) >= 11 is 6.26. The van der Waals surface area contributed by atoms with Crippen LogP contribution in [0, 0.1) is 0 Å². The van der Waals surface area contributed by atoms with Crippen LogP contribution in [-0.2, 0) is 13.0 Å². The molecule has 0 spiro atoms. The number of methoxy groups -OCH3 is 1. The van der Waals surface area contributed by atoms with Crippen LogP contribution >= 0.6 is 11.6 Å². The Morgan fingerprint density at radius 3 is 2.72 bits per heavy atom. The molecule has 0 fully saturated rings. The lowest BCUT2D eigenvalue weighted by molar-refractivity contribution is 0.179. The molecule has 3 aromatic carbocycles. The first kappa shape index (κ1) is 19.3. The predicted molar refractivity (Wildman–Crippen MR) is 115 cm³/mol. The molecule has 0 aromatic heterocycles. The third-order valence-corrected chi connectivity index (χ3v) is 5.57. The quantitative estimate of drug-likeness (QED) is 0.646. The smallest absolute Gasteiger partial charge is 0.318 e.